The molecule has 6 atom stereocenters. The first-order chi connectivity index (χ1) is 26.0. The van der Waals surface area contributed by atoms with Gasteiger partial charge in [-0.05, 0) is 35.8 Å². The smallest absolute Gasteiger partial charge is 0.305 e. The molecule has 302 valence electrons. The molecule has 0 aliphatic rings. The van der Waals surface area contributed by atoms with Crippen molar-refractivity contribution in [3.8, 4) is 0 Å². The molecule has 55 heavy (non-hydrogen) atoms. The molecule has 6 amide bonds. The van der Waals surface area contributed by atoms with Crippen LogP contribution in [0, 0.1) is 11.8 Å². The molecule has 0 bridgehead atoms. The van der Waals surface area contributed by atoms with Gasteiger partial charge in [-0.25, -0.2) is 0 Å². The van der Waals surface area contributed by atoms with Crippen LogP contribution >= 0.6 is 0 Å². The number of amides is 6. The van der Waals surface area contributed by atoms with Gasteiger partial charge in [-0.1, -0.05) is 88.4 Å². The highest BCUT2D eigenvalue weighted by Crippen LogP contribution is 2.09. The Morgan fingerprint density at radius 2 is 1.24 bits per heavy atom. The molecular formula is C38H56N8O9. The number of aliphatic carboxylic acids is 1. The maximum Gasteiger partial charge on any atom is 0.305 e. The summed E-state index contributed by atoms with van der Waals surface area (Å²) in [7, 11) is 0. The van der Waals surface area contributed by atoms with Gasteiger partial charge in [-0.15, -0.1) is 0 Å². The van der Waals surface area contributed by atoms with Crippen molar-refractivity contribution in [1.29, 1.82) is 0 Å². The van der Waals surface area contributed by atoms with E-state index in [1.165, 1.54) is 0 Å². The molecule has 0 heterocycles. The number of aliphatic hydroxyl groups excluding tert-OH is 1. The van der Waals surface area contributed by atoms with Gasteiger partial charge in [-0.3, -0.25) is 33.6 Å². The van der Waals surface area contributed by atoms with Crippen LogP contribution in [0.5, 0.6) is 0 Å². The van der Waals surface area contributed by atoms with Crippen molar-refractivity contribution in [2.75, 3.05) is 19.7 Å². The highest BCUT2D eigenvalue weighted by molar-refractivity contribution is 5.96. The van der Waals surface area contributed by atoms with Crippen molar-refractivity contribution < 1.29 is 43.8 Å². The van der Waals surface area contributed by atoms with Crippen molar-refractivity contribution in [3.63, 3.8) is 0 Å². The monoisotopic (exact) mass is 768 g/mol. The average Bonchev–Trinajstić information content (AvgIpc) is 3.13. The molecule has 0 spiro atoms. The summed E-state index contributed by atoms with van der Waals surface area (Å²) >= 11 is 0. The lowest BCUT2D eigenvalue weighted by molar-refractivity contribution is -0.140. The lowest BCUT2D eigenvalue weighted by Crippen LogP contribution is -2.60. The summed E-state index contributed by atoms with van der Waals surface area (Å²) in [5.41, 5.74) is 12.8. The second kappa shape index (κ2) is 23.4. The van der Waals surface area contributed by atoms with E-state index in [-0.39, 0.29) is 18.9 Å². The van der Waals surface area contributed by atoms with Crippen LogP contribution in [0.4, 0.5) is 0 Å². The van der Waals surface area contributed by atoms with Crippen molar-refractivity contribution in [2.45, 2.75) is 89.6 Å². The van der Waals surface area contributed by atoms with Gasteiger partial charge in [0, 0.05) is 19.0 Å². The highest BCUT2D eigenvalue weighted by atomic mass is 16.4. The minimum absolute atomic E-state index is 0.0392. The molecule has 0 aliphatic heterocycles. The van der Waals surface area contributed by atoms with Gasteiger partial charge in [-0.2, -0.15) is 0 Å². The summed E-state index contributed by atoms with van der Waals surface area (Å²) in [6, 6.07) is 11.5. The van der Waals surface area contributed by atoms with Crippen molar-refractivity contribution >= 4 is 41.4 Å². The van der Waals surface area contributed by atoms with Crippen LogP contribution in [0.3, 0.4) is 0 Å². The lowest BCUT2D eigenvalue weighted by Gasteiger charge is -2.27. The van der Waals surface area contributed by atoms with Gasteiger partial charge in [0.2, 0.25) is 35.4 Å². The number of rotatable bonds is 24. The summed E-state index contributed by atoms with van der Waals surface area (Å²) in [5, 5.41) is 34.7. The fraction of sp³-hybridized carbons (Fsp3) is 0.500. The highest BCUT2D eigenvalue weighted by Gasteiger charge is 2.32. The van der Waals surface area contributed by atoms with E-state index in [2.05, 4.69) is 31.9 Å². The SMILES string of the molecule is CC(C)C[C@H](NC[C@H](Cc1ccccc1)NC(=O)CNC(=O)[C@@H](NC(=O)[C@H](Cc1ccccc1)NC(=O)[C@H](CO)NC(=O)[C@@H](N)CC(=O)O)C(C)C)C(N)=O. The zero-order valence-electron chi connectivity index (χ0n) is 31.7. The Morgan fingerprint density at radius 3 is 1.75 bits per heavy atom. The number of hydrogen-bond acceptors (Lipinski definition) is 10. The molecular weight excluding hydrogens is 712 g/mol. The lowest BCUT2D eigenvalue weighted by atomic mass is 10.0. The second-order valence-corrected chi connectivity index (χ2v) is 14.1. The third-order valence-electron chi connectivity index (χ3n) is 8.48. The fourth-order valence-electron chi connectivity index (χ4n) is 5.56. The number of carboxylic acid groups (broad SMARTS) is 1. The number of aliphatic hydroxyl groups is 1. The number of carboxylic acids is 1. The van der Waals surface area contributed by atoms with Gasteiger partial charge in [0.05, 0.1) is 31.7 Å². The molecule has 0 saturated heterocycles. The van der Waals surface area contributed by atoms with E-state index in [0.717, 1.165) is 5.56 Å². The maximum atomic E-state index is 13.7. The summed E-state index contributed by atoms with van der Waals surface area (Å²) in [4.78, 5) is 88.8. The summed E-state index contributed by atoms with van der Waals surface area (Å²) in [6.07, 6.45) is 0.183. The van der Waals surface area contributed by atoms with Gasteiger partial charge in [0.1, 0.15) is 18.1 Å². The third kappa shape index (κ3) is 17.1. The fourth-order valence-corrected chi connectivity index (χ4v) is 5.56. The van der Waals surface area contributed by atoms with Crippen molar-refractivity contribution in [1.82, 2.24) is 31.9 Å². The first kappa shape index (κ1) is 45.8. The first-order valence-electron chi connectivity index (χ1n) is 18.2. The van der Waals surface area contributed by atoms with Gasteiger partial charge in [0.15, 0.2) is 0 Å². The van der Waals surface area contributed by atoms with E-state index in [1.54, 1.807) is 44.2 Å². The average molecular weight is 769 g/mol. The predicted molar refractivity (Wildman–Crippen MR) is 204 cm³/mol. The zero-order chi connectivity index (χ0) is 41.1. The Morgan fingerprint density at radius 1 is 0.691 bits per heavy atom. The third-order valence-corrected chi connectivity index (χ3v) is 8.48. The molecule has 0 radical (unpaired) electrons. The minimum Gasteiger partial charge on any atom is -0.481 e. The molecule has 2 rings (SSSR count). The van der Waals surface area contributed by atoms with E-state index in [0.29, 0.717) is 18.4 Å². The van der Waals surface area contributed by atoms with Crippen molar-refractivity contribution in [2.24, 2.45) is 23.3 Å². The Bertz CT molecular complexity index is 1580. The van der Waals surface area contributed by atoms with E-state index in [1.807, 2.05) is 44.2 Å². The van der Waals surface area contributed by atoms with E-state index < -0.39 is 103 Å². The van der Waals surface area contributed by atoms with Crippen LogP contribution in [-0.2, 0) is 46.4 Å². The molecule has 0 fully saturated rings. The van der Waals surface area contributed by atoms with E-state index in [9.17, 15) is 38.7 Å². The molecule has 17 nitrogen and oxygen atoms in total. The van der Waals surface area contributed by atoms with Crippen LogP contribution in [0.15, 0.2) is 60.7 Å². The number of benzene rings is 2. The second-order valence-electron chi connectivity index (χ2n) is 14.1. The Hall–Kier alpha value is -5.39. The number of nitrogens with one attached hydrogen (secondary N) is 6. The predicted octanol–water partition coefficient (Wildman–Crippen LogP) is -1.53. The minimum atomic E-state index is -1.57. The van der Waals surface area contributed by atoms with E-state index >= 15 is 0 Å². The molecule has 12 N–H and O–H groups in total. The van der Waals surface area contributed by atoms with Crippen LogP contribution in [0.25, 0.3) is 0 Å². The zero-order valence-corrected chi connectivity index (χ0v) is 31.7. The van der Waals surface area contributed by atoms with Gasteiger partial charge >= 0.3 is 5.97 Å². The number of carbonyl (C=O) groups excluding carboxylic acids is 6. The molecule has 0 aliphatic carbocycles. The molecule has 2 aromatic carbocycles. The quantitative estimate of drug-likeness (QED) is 0.0585. The van der Waals surface area contributed by atoms with Crippen LogP contribution < -0.4 is 43.4 Å². The number of primary amides is 1. The van der Waals surface area contributed by atoms with Crippen molar-refractivity contribution in [3.05, 3.63) is 71.8 Å². The van der Waals surface area contributed by atoms with E-state index in [4.69, 9.17) is 16.6 Å². The van der Waals surface area contributed by atoms with Crippen LogP contribution in [0.1, 0.15) is 51.7 Å². The molecule has 17 heteroatoms. The molecule has 0 saturated carbocycles. The molecule has 0 aromatic heterocycles. The topological polar surface area (TPSA) is 284 Å². The molecule has 0 unspecified atom stereocenters. The summed E-state index contributed by atoms with van der Waals surface area (Å²) in [5.74, 6) is -6.01. The Labute approximate surface area is 321 Å². The van der Waals surface area contributed by atoms with Crippen LogP contribution in [-0.4, -0.2) is 108 Å². The standard InChI is InChI=1S/C38H56N8O9/c1-22(2)15-28(34(40)51)41-19-26(16-24-11-7-5-8-12-24)43-31(48)20-42-38(55)33(23(3)4)46-36(53)29(17-25-13-9-6-10-14-25)44-37(54)30(21-47)45-35(52)27(39)18-32(49)50/h5-14,22-23,26-30,33,41,47H,15-21,39H2,1-4H3,(H2,40,51)(H,42,55)(H,43,48)(H,44,54)(H,45,52)(H,46,53)(H,49,50)/t26-,27-,28-,29-,30-,33-/m0/s1. The largest absolute Gasteiger partial charge is 0.481 e. The maximum absolute atomic E-state index is 13.7. The Kier molecular flexibility index (Phi) is 19.5. The van der Waals surface area contributed by atoms with Gasteiger partial charge in [0.25, 0.3) is 0 Å². The van der Waals surface area contributed by atoms with Crippen LogP contribution in [0.2, 0.25) is 0 Å². The van der Waals surface area contributed by atoms with Gasteiger partial charge < -0.3 is 53.6 Å². The number of nitrogens with two attached hydrogens (primary N) is 2. The molecule has 2 aromatic rings. The number of hydrogen-bond donors (Lipinski definition) is 10. The normalized spacial score (nSPS) is 14.4. The summed E-state index contributed by atoms with van der Waals surface area (Å²) in [6.45, 7) is 6.21. The first-order valence-corrected chi connectivity index (χ1v) is 18.2. The Balaban J connectivity index is 2.15. The number of carbonyl (C=O) groups is 7. The summed E-state index contributed by atoms with van der Waals surface area (Å²) < 4.78 is 0.